The van der Waals surface area contributed by atoms with Crippen molar-refractivity contribution >= 4 is 12.0 Å². The van der Waals surface area contributed by atoms with Crippen LogP contribution in [0.25, 0.3) is 0 Å². The second-order valence-corrected chi connectivity index (χ2v) is 8.52. The van der Waals surface area contributed by atoms with E-state index in [1.165, 1.54) is 4.90 Å². The molecule has 0 bridgehead atoms. The Labute approximate surface area is 186 Å². The molecular formula is C21H23F5N4O3. The SMILES string of the molecule is CC(C)(C)OC(=O)N1C[C@@H](Nc2ncc(F)cn2)[C@H](OCc2ccc(C(F)(F)F)c(F)c2)C1. The van der Waals surface area contributed by atoms with Crippen molar-refractivity contribution in [3.05, 3.63) is 53.4 Å². The van der Waals surface area contributed by atoms with Crippen molar-refractivity contribution in [1.29, 1.82) is 0 Å². The highest BCUT2D eigenvalue weighted by molar-refractivity contribution is 5.69. The molecule has 0 aliphatic carbocycles. The zero-order valence-electron chi connectivity index (χ0n) is 18.1. The monoisotopic (exact) mass is 474 g/mol. The number of hydrogen-bond donors (Lipinski definition) is 1. The predicted molar refractivity (Wildman–Crippen MR) is 107 cm³/mol. The molecule has 1 fully saturated rings. The van der Waals surface area contributed by atoms with E-state index >= 15 is 0 Å². The number of nitrogens with one attached hydrogen (secondary N) is 1. The van der Waals surface area contributed by atoms with Crippen LogP contribution in [0.5, 0.6) is 0 Å². The summed E-state index contributed by atoms with van der Waals surface area (Å²) in [5, 5.41) is 2.96. The number of nitrogens with zero attached hydrogens (tertiary/aromatic N) is 3. The normalized spacial score (nSPS) is 19.0. The van der Waals surface area contributed by atoms with Crippen molar-refractivity contribution in [2.45, 2.75) is 51.3 Å². The Bertz CT molecular complexity index is 979. The molecule has 0 radical (unpaired) electrons. The van der Waals surface area contributed by atoms with Gasteiger partial charge in [0, 0.05) is 6.54 Å². The third-order valence-electron chi connectivity index (χ3n) is 4.66. The molecule has 180 valence electrons. The number of likely N-dealkylation sites (tertiary alicyclic amines) is 1. The van der Waals surface area contributed by atoms with Crippen molar-refractivity contribution < 1.29 is 36.2 Å². The van der Waals surface area contributed by atoms with Crippen LogP contribution in [-0.2, 0) is 22.3 Å². The summed E-state index contributed by atoms with van der Waals surface area (Å²) in [5.41, 5.74) is -1.90. The van der Waals surface area contributed by atoms with E-state index in [4.69, 9.17) is 9.47 Å². The highest BCUT2D eigenvalue weighted by Crippen LogP contribution is 2.32. The van der Waals surface area contributed by atoms with Gasteiger partial charge in [0.2, 0.25) is 5.95 Å². The summed E-state index contributed by atoms with van der Waals surface area (Å²) in [7, 11) is 0. The standard InChI is InChI=1S/C21H23F5N4O3/c1-20(2,3)33-19(31)30-9-16(29-18-27-7-13(22)8-28-18)17(10-30)32-11-12-4-5-14(15(23)6-12)21(24,25)26/h4-8,16-17H,9-11H2,1-3H3,(H,27,28,29)/t16-,17-/m1/s1. The van der Waals surface area contributed by atoms with Crippen molar-refractivity contribution in [2.75, 3.05) is 18.4 Å². The molecule has 2 aromatic rings. The minimum Gasteiger partial charge on any atom is -0.444 e. The maximum atomic E-state index is 13.9. The zero-order valence-corrected chi connectivity index (χ0v) is 18.1. The number of ether oxygens (including phenoxy) is 2. The van der Waals surface area contributed by atoms with Crippen LogP contribution in [0.2, 0.25) is 0 Å². The number of carbonyl (C=O) groups is 1. The van der Waals surface area contributed by atoms with E-state index in [1.54, 1.807) is 20.8 Å². The molecule has 3 rings (SSSR count). The molecule has 0 saturated carbocycles. The summed E-state index contributed by atoms with van der Waals surface area (Å²) in [6.45, 7) is 5.19. The Hall–Kier alpha value is -3.02. The van der Waals surface area contributed by atoms with Crippen LogP contribution in [0.1, 0.15) is 31.9 Å². The van der Waals surface area contributed by atoms with E-state index in [0.29, 0.717) is 6.07 Å². The summed E-state index contributed by atoms with van der Waals surface area (Å²) >= 11 is 0. The Balaban J connectivity index is 1.72. The average molecular weight is 474 g/mol. The Morgan fingerprint density at radius 2 is 1.82 bits per heavy atom. The molecule has 2 heterocycles. The van der Waals surface area contributed by atoms with Gasteiger partial charge in [0.15, 0.2) is 5.82 Å². The summed E-state index contributed by atoms with van der Waals surface area (Å²) in [4.78, 5) is 21.5. The van der Waals surface area contributed by atoms with Gasteiger partial charge in [0.1, 0.15) is 11.4 Å². The molecule has 1 aliphatic heterocycles. The molecule has 12 heteroatoms. The van der Waals surface area contributed by atoms with E-state index in [0.717, 1.165) is 24.5 Å². The third-order valence-corrected chi connectivity index (χ3v) is 4.66. The second-order valence-electron chi connectivity index (χ2n) is 8.52. The fraction of sp³-hybridized carbons (Fsp3) is 0.476. The molecule has 0 unspecified atom stereocenters. The van der Waals surface area contributed by atoms with Gasteiger partial charge in [-0.1, -0.05) is 6.07 Å². The van der Waals surface area contributed by atoms with Gasteiger partial charge in [0.25, 0.3) is 0 Å². The van der Waals surface area contributed by atoms with Crippen molar-refractivity contribution in [3.8, 4) is 0 Å². The fourth-order valence-corrected chi connectivity index (χ4v) is 3.19. The first kappa shape index (κ1) is 24.6. The van der Waals surface area contributed by atoms with E-state index in [1.807, 2.05) is 0 Å². The van der Waals surface area contributed by atoms with E-state index in [2.05, 4.69) is 15.3 Å². The van der Waals surface area contributed by atoms with Crippen LogP contribution in [0.3, 0.4) is 0 Å². The summed E-state index contributed by atoms with van der Waals surface area (Å²) in [5.74, 6) is -1.93. The smallest absolute Gasteiger partial charge is 0.419 e. The first-order chi connectivity index (χ1) is 15.3. The van der Waals surface area contributed by atoms with Gasteiger partial charge in [-0.25, -0.2) is 23.5 Å². The lowest BCUT2D eigenvalue weighted by atomic mass is 10.1. The van der Waals surface area contributed by atoms with Crippen LogP contribution in [0.15, 0.2) is 30.6 Å². The average Bonchev–Trinajstić information content (AvgIpc) is 3.09. The lowest BCUT2D eigenvalue weighted by Gasteiger charge is -2.24. The molecule has 1 saturated heterocycles. The number of rotatable bonds is 5. The maximum Gasteiger partial charge on any atom is 0.419 e. The summed E-state index contributed by atoms with van der Waals surface area (Å²) in [6, 6.07) is 1.99. The lowest BCUT2D eigenvalue weighted by Crippen LogP contribution is -2.36. The molecule has 1 aromatic heterocycles. The minimum atomic E-state index is -4.80. The van der Waals surface area contributed by atoms with Gasteiger partial charge in [-0.2, -0.15) is 13.2 Å². The largest absolute Gasteiger partial charge is 0.444 e. The lowest BCUT2D eigenvalue weighted by molar-refractivity contribution is -0.140. The molecule has 0 spiro atoms. The van der Waals surface area contributed by atoms with Crippen LogP contribution in [0.4, 0.5) is 32.7 Å². The van der Waals surface area contributed by atoms with Gasteiger partial charge in [-0.15, -0.1) is 0 Å². The highest BCUT2D eigenvalue weighted by atomic mass is 19.4. The minimum absolute atomic E-state index is 0.0941. The number of benzene rings is 1. The van der Waals surface area contributed by atoms with E-state index < -0.39 is 47.2 Å². The number of anilines is 1. The molecule has 1 aromatic carbocycles. The van der Waals surface area contributed by atoms with Gasteiger partial charge in [0.05, 0.1) is 43.3 Å². The number of halogens is 5. The maximum absolute atomic E-state index is 13.9. The third kappa shape index (κ3) is 6.73. The van der Waals surface area contributed by atoms with Crippen LogP contribution < -0.4 is 5.32 Å². The quantitative estimate of drug-likeness (QED) is 0.648. The van der Waals surface area contributed by atoms with Gasteiger partial charge in [-0.05, 0) is 38.5 Å². The molecule has 33 heavy (non-hydrogen) atoms. The van der Waals surface area contributed by atoms with Crippen molar-refractivity contribution in [1.82, 2.24) is 14.9 Å². The number of aromatic nitrogens is 2. The fourth-order valence-electron chi connectivity index (χ4n) is 3.19. The first-order valence-corrected chi connectivity index (χ1v) is 10.0. The van der Waals surface area contributed by atoms with Crippen molar-refractivity contribution in [3.63, 3.8) is 0 Å². The first-order valence-electron chi connectivity index (χ1n) is 10.0. The Kier molecular flexibility index (Phi) is 7.06. The van der Waals surface area contributed by atoms with Crippen LogP contribution in [-0.4, -0.2) is 51.8 Å². The zero-order chi connectivity index (χ0) is 24.4. The Morgan fingerprint density at radius 1 is 1.15 bits per heavy atom. The number of alkyl halides is 3. The molecule has 2 atom stereocenters. The van der Waals surface area contributed by atoms with Crippen molar-refractivity contribution in [2.24, 2.45) is 0 Å². The van der Waals surface area contributed by atoms with Gasteiger partial charge >= 0.3 is 12.3 Å². The number of hydrogen-bond acceptors (Lipinski definition) is 6. The topological polar surface area (TPSA) is 76.6 Å². The number of carbonyl (C=O) groups excluding carboxylic acids is 1. The van der Waals surface area contributed by atoms with Gasteiger partial charge in [-0.3, -0.25) is 0 Å². The second kappa shape index (κ2) is 9.46. The van der Waals surface area contributed by atoms with Crippen LogP contribution in [0, 0.1) is 11.6 Å². The van der Waals surface area contributed by atoms with Gasteiger partial charge < -0.3 is 19.7 Å². The van der Waals surface area contributed by atoms with E-state index in [-0.39, 0.29) is 31.2 Å². The molecule has 7 nitrogen and oxygen atoms in total. The Morgan fingerprint density at radius 3 is 2.39 bits per heavy atom. The molecule has 1 amide bonds. The number of amides is 1. The predicted octanol–water partition coefficient (Wildman–Crippen LogP) is 4.39. The summed E-state index contributed by atoms with van der Waals surface area (Å²) in [6.07, 6.45) is -4.10. The summed E-state index contributed by atoms with van der Waals surface area (Å²) < 4.78 is 76.4. The molecule has 1 aliphatic rings. The molecule has 1 N–H and O–H groups in total. The van der Waals surface area contributed by atoms with E-state index in [9.17, 15) is 26.7 Å². The van der Waals surface area contributed by atoms with Crippen LogP contribution >= 0.6 is 0 Å². The molecular weight excluding hydrogens is 451 g/mol. The highest BCUT2D eigenvalue weighted by Gasteiger charge is 2.39.